The molecule has 0 radical (unpaired) electrons. The van der Waals surface area contributed by atoms with E-state index in [0.29, 0.717) is 11.4 Å². The summed E-state index contributed by atoms with van der Waals surface area (Å²) in [7, 11) is -1.42. The molecule has 1 aromatic heterocycles. The van der Waals surface area contributed by atoms with Crippen molar-refractivity contribution in [2.45, 2.75) is 11.8 Å². The lowest BCUT2D eigenvalue weighted by atomic mass is 10.2. The molecule has 0 saturated carbocycles. The highest BCUT2D eigenvalue weighted by Crippen LogP contribution is 2.24. The first-order valence-corrected chi connectivity index (χ1v) is 8.40. The van der Waals surface area contributed by atoms with Crippen LogP contribution in [0, 0.1) is 6.92 Å². The predicted molar refractivity (Wildman–Crippen MR) is 86.7 cm³/mol. The molecule has 2 aromatic rings. The number of benzene rings is 1. The van der Waals surface area contributed by atoms with Gasteiger partial charge >= 0.3 is 0 Å². The molecule has 8 heteroatoms. The molecule has 0 atom stereocenters. The summed E-state index contributed by atoms with van der Waals surface area (Å²) in [5.74, 6) is 0.673. The van der Waals surface area contributed by atoms with Crippen molar-refractivity contribution >= 4 is 38.5 Å². The number of hydrogen-bond donors (Lipinski definition) is 2. The van der Waals surface area contributed by atoms with Gasteiger partial charge < -0.3 is 11.1 Å². The average molecular weight is 324 g/mol. The van der Waals surface area contributed by atoms with Crippen LogP contribution < -0.4 is 11.1 Å². The molecule has 0 saturated heterocycles. The number of aryl methyl sites for hydroxylation is 2. The van der Waals surface area contributed by atoms with Gasteiger partial charge in [0, 0.05) is 19.0 Å². The van der Waals surface area contributed by atoms with Gasteiger partial charge in [0.05, 0.1) is 16.2 Å². The van der Waals surface area contributed by atoms with Crippen LogP contribution in [0.2, 0.25) is 0 Å². The summed E-state index contributed by atoms with van der Waals surface area (Å²) < 4.78 is 24.5. The van der Waals surface area contributed by atoms with Crippen LogP contribution >= 0.6 is 12.2 Å². The highest BCUT2D eigenvalue weighted by Gasteiger charge is 2.16. The van der Waals surface area contributed by atoms with Crippen molar-refractivity contribution in [1.29, 1.82) is 0 Å². The monoisotopic (exact) mass is 324 g/mol. The quantitative estimate of drug-likeness (QED) is 0.829. The molecule has 0 unspecified atom stereocenters. The van der Waals surface area contributed by atoms with Crippen LogP contribution in [-0.2, 0) is 16.9 Å². The van der Waals surface area contributed by atoms with Crippen molar-refractivity contribution < 1.29 is 8.42 Å². The lowest BCUT2D eigenvalue weighted by molar-refractivity contribution is 0.602. The summed E-state index contributed by atoms with van der Waals surface area (Å²) in [6.45, 7) is 1.83. The van der Waals surface area contributed by atoms with Crippen LogP contribution in [0.15, 0.2) is 29.2 Å². The number of aromatic nitrogens is 2. The smallest absolute Gasteiger partial charge is 0.175 e. The lowest BCUT2D eigenvalue weighted by Crippen LogP contribution is -2.13. The van der Waals surface area contributed by atoms with E-state index in [-0.39, 0.29) is 9.88 Å². The molecule has 0 aliphatic heterocycles. The van der Waals surface area contributed by atoms with E-state index in [0.717, 1.165) is 11.4 Å². The van der Waals surface area contributed by atoms with Gasteiger partial charge in [-0.15, -0.1) is 0 Å². The Bertz CT molecular complexity index is 792. The van der Waals surface area contributed by atoms with Gasteiger partial charge in [0.2, 0.25) is 0 Å². The molecule has 6 nitrogen and oxygen atoms in total. The van der Waals surface area contributed by atoms with Gasteiger partial charge in [0.15, 0.2) is 9.84 Å². The second-order valence-electron chi connectivity index (χ2n) is 4.72. The normalized spacial score (nSPS) is 11.4. The molecular weight excluding hydrogens is 308 g/mol. The topological polar surface area (TPSA) is 90.0 Å². The minimum absolute atomic E-state index is 0.260. The summed E-state index contributed by atoms with van der Waals surface area (Å²) in [6, 6.07) is 6.45. The van der Waals surface area contributed by atoms with Crippen LogP contribution in [0.3, 0.4) is 0 Å². The molecular formula is C13H16N4O2S2. The van der Waals surface area contributed by atoms with Crippen molar-refractivity contribution in [2.24, 2.45) is 12.8 Å². The zero-order chi connectivity index (χ0) is 15.8. The maximum atomic E-state index is 11.4. The number of sulfone groups is 1. The molecule has 0 bridgehead atoms. The van der Waals surface area contributed by atoms with E-state index < -0.39 is 9.84 Å². The van der Waals surface area contributed by atoms with Crippen LogP contribution in [-0.4, -0.2) is 29.4 Å². The number of nitrogens with zero attached hydrogens (tertiary/aromatic N) is 2. The second kappa shape index (κ2) is 5.45. The average Bonchev–Trinajstić information content (AvgIpc) is 2.63. The zero-order valence-electron chi connectivity index (χ0n) is 11.9. The molecule has 3 N–H and O–H groups in total. The van der Waals surface area contributed by atoms with Crippen molar-refractivity contribution in [2.75, 3.05) is 11.6 Å². The fourth-order valence-corrected chi connectivity index (χ4v) is 2.89. The Balaban J connectivity index is 2.37. The standard InChI is InChI=1S/C13H16N4O2S2/c1-8-11(12(14)20)13(17(2)16-8)15-9-4-6-10(7-5-9)21(3,18)19/h4-7,15H,1-3H3,(H2,14,20). The Morgan fingerprint density at radius 3 is 2.38 bits per heavy atom. The molecule has 2 rings (SSSR count). The number of anilines is 2. The van der Waals surface area contributed by atoms with E-state index in [1.807, 2.05) is 6.92 Å². The third kappa shape index (κ3) is 3.22. The fourth-order valence-electron chi connectivity index (χ4n) is 2.02. The van der Waals surface area contributed by atoms with Gasteiger partial charge in [0.1, 0.15) is 10.8 Å². The van der Waals surface area contributed by atoms with E-state index in [2.05, 4.69) is 10.4 Å². The summed E-state index contributed by atoms with van der Waals surface area (Å²) in [4.78, 5) is 0.527. The molecule has 21 heavy (non-hydrogen) atoms. The van der Waals surface area contributed by atoms with Crippen LogP contribution in [0.5, 0.6) is 0 Å². The lowest BCUT2D eigenvalue weighted by Gasteiger charge is -2.09. The fraction of sp³-hybridized carbons (Fsp3) is 0.231. The molecule has 1 heterocycles. The number of nitrogens with two attached hydrogens (primary N) is 1. The van der Waals surface area contributed by atoms with Gasteiger partial charge in [-0.2, -0.15) is 5.10 Å². The molecule has 0 aliphatic rings. The number of thiocarbonyl (C=S) groups is 1. The third-order valence-corrected chi connectivity index (χ3v) is 4.35. The summed E-state index contributed by atoms with van der Waals surface area (Å²) >= 11 is 5.04. The van der Waals surface area contributed by atoms with Crippen LogP contribution in [0.25, 0.3) is 0 Å². The van der Waals surface area contributed by atoms with Crippen molar-refractivity contribution in [1.82, 2.24) is 9.78 Å². The van der Waals surface area contributed by atoms with Gasteiger partial charge in [-0.1, -0.05) is 12.2 Å². The second-order valence-corrected chi connectivity index (χ2v) is 7.17. The van der Waals surface area contributed by atoms with Crippen molar-refractivity contribution in [3.63, 3.8) is 0 Å². The first kappa shape index (κ1) is 15.5. The van der Waals surface area contributed by atoms with Crippen molar-refractivity contribution in [3.05, 3.63) is 35.5 Å². The van der Waals surface area contributed by atoms with E-state index >= 15 is 0 Å². The molecule has 0 aliphatic carbocycles. The largest absolute Gasteiger partial charge is 0.389 e. The van der Waals surface area contributed by atoms with E-state index in [9.17, 15) is 8.42 Å². The van der Waals surface area contributed by atoms with Gasteiger partial charge in [0.25, 0.3) is 0 Å². The minimum Gasteiger partial charge on any atom is -0.389 e. The SMILES string of the molecule is Cc1nn(C)c(Nc2ccc(S(C)(=O)=O)cc2)c1C(N)=S. The van der Waals surface area contributed by atoms with Crippen LogP contribution in [0.1, 0.15) is 11.3 Å². The van der Waals surface area contributed by atoms with Crippen LogP contribution in [0.4, 0.5) is 11.5 Å². The Labute approximate surface area is 128 Å². The van der Waals surface area contributed by atoms with E-state index in [4.69, 9.17) is 18.0 Å². The van der Waals surface area contributed by atoms with Gasteiger partial charge in [-0.05, 0) is 31.2 Å². The summed E-state index contributed by atoms with van der Waals surface area (Å²) in [5, 5.41) is 7.44. The van der Waals surface area contributed by atoms with Crippen molar-refractivity contribution in [3.8, 4) is 0 Å². The Hall–Kier alpha value is -1.93. The van der Waals surface area contributed by atoms with E-state index in [1.54, 1.807) is 36.0 Å². The first-order chi connectivity index (χ1) is 9.70. The highest BCUT2D eigenvalue weighted by atomic mass is 32.2. The Kier molecular flexibility index (Phi) is 4.02. The zero-order valence-corrected chi connectivity index (χ0v) is 13.5. The molecule has 0 spiro atoms. The maximum absolute atomic E-state index is 11.4. The minimum atomic E-state index is -3.20. The highest BCUT2D eigenvalue weighted by molar-refractivity contribution is 7.90. The molecule has 0 fully saturated rings. The predicted octanol–water partition coefficient (Wildman–Crippen LogP) is 1.51. The third-order valence-electron chi connectivity index (χ3n) is 3.01. The summed E-state index contributed by atoms with van der Waals surface area (Å²) in [5.41, 5.74) is 7.86. The number of rotatable bonds is 4. The Morgan fingerprint density at radius 1 is 1.33 bits per heavy atom. The number of nitrogens with one attached hydrogen (secondary N) is 1. The molecule has 112 valence electrons. The number of hydrogen-bond acceptors (Lipinski definition) is 5. The van der Waals surface area contributed by atoms with Gasteiger partial charge in [-0.25, -0.2) is 8.42 Å². The molecule has 0 amide bonds. The molecule has 1 aromatic carbocycles. The summed E-state index contributed by atoms with van der Waals surface area (Å²) in [6.07, 6.45) is 1.17. The first-order valence-electron chi connectivity index (χ1n) is 6.10. The maximum Gasteiger partial charge on any atom is 0.175 e. The van der Waals surface area contributed by atoms with E-state index in [1.165, 1.54) is 6.26 Å². The van der Waals surface area contributed by atoms with Gasteiger partial charge in [-0.3, -0.25) is 4.68 Å². The Morgan fingerprint density at radius 2 is 1.90 bits per heavy atom.